The van der Waals surface area contributed by atoms with Crippen molar-refractivity contribution >= 4 is 63.0 Å². The first-order valence-electron chi connectivity index (χ1n) is 13.5. The number of fused-ring (bicyclic) bond motifs is 6. The molecule has 0 unspecified atom stereocenters. The Morgan fingerprint density at radius 2 is 0.889 bits per heavy atom. The zero-order valence-corrected chi connectivity index (χ0v) is 25.5. The highest BCUT2D eigenvalue weighted by molar-refractivity contribution is 7.26. The first kappa shape index (κ1) is 31.4. The zero-order chi connectivity index (χ0) is 27.1. The van der Waals surface area contributed by atoms with E-state index in [1.54, 1.807) is 0 Å². The second-order valence-electron chi connectivity index (χ2n) is 7.14. The first-order chi connectivity index (χ1) is 17.7. The second kappa shape index (κ2) is 16.9. The summed E-state index contributed by atoms with van der Waals surface area (Å²) in [6.07, 6.45) is 0. The molecule has 0 aliphatic carbocycles. The van der Waals surface area contributed by atoms with E-state index in [2.05, 4.69) is 98.8 Å². The van der Waals surface area contributed by atoms with Gasteiger partial charge in [0.15, 0.2) is 0 Å². The number of aryl methyl sites for hydroxylation is 2. The molecule has 0 nitrogen and oxygen atoms in total. The fourth-order valence-electron chi connectivity index (χ4n) is 3.79. The normalized spacial score (nSPS) is 9.39. The zero-order valence-electron chi connectivity index (χ0n) is 23.9. The number of hydrogen-bond acceptors (Lipinski definition) is 2. The standard InChI is InChI=1S/2C13H10S.4C2H6/c1-9-5-4-8-12-13(9)10-6-2-3-7-11(10)14-12;1-9-6-7-13-11(8-9)10-4-2-3-5-12(10)14-13;4*1-2/h2*2-8H,1H3;4*1-2H3. The Bertz CT molecular complexity index is 1430. The molecule has 0 atom stereocenters. The average molecular weight is 517 g/mol. The molecule has 0 spiro atoms. The van der Waals surface area contributed by atoms with Crippen LogP contribution < -0.4 is 0 Å². The topological polar surface area (TPSA) is 0 Å². The second-order valence-corrected chi connectivity index (χ2v) is 9.31. The summed E-state index contributed by atoms with van der Waals surface area (Å²) in [4.78, 5) is 0. The molecule has 36 heavy (non-hydrogen) atoms. The minimum Gasteiger partial charge on any atom is -0.135 e. The molecule has 2 aromatic heterocycles. The Kier molecular flexibility index (Phi) is 14.7. The fraction of sp³-hybridized carbons (Fsp3) is 0.294. The van der Waals surface area contributed by atoms with E-state index in [0.717, 1.165) is 0 Å². The third kappa shape index (κ3) is 7.41. The highest BCUT2D eigenvalue weighted by Crippen LogP contribution is 2.35. The Hall–Kier alpha value is -2.68. The lowest BCUT2D eigenvalue weighted by Gasteiger charge is -1.95. The summed E-state index contributed by atoms with van der Waals surface area (Å²) in [5.41, 5.74) is 2.71. The van der Waals surface area contributed by atoms with Crippen LogP contribution in [0.1, 0.15) is 66.5 Å². The number of benzene rings is 4. The van der Waals surface area contributed by atoms with E-state index >= 15 is 0 Å². The van der Waals surface area contributed by atoms with Gasteiger partial charge >= 0.3 is 0 Å². The van der Waals surface area contributed by atoms with Gasteiger partial charge in [-0.2, -0.15) is 0 Å². The fourth-order valence-corrected chi connectivity index (χ4v) is 6.06. The molecular formula is C34H44S2. The molecule has 0 saturated heterocycles. The van der Waals surface area contributed by atoms with Crippen LogP contribution in [0.2, 0.25) is 0 Å². The Labute approximate surface area is 227 Å². The molecule has 2 heterocycles. The van der Waals surface area contributed by atoms with Gasteiger partial charge in [-0.1, -0.05) is 116 Å². The van der Waals surface area contributed by atoms with Gasteiger partial charge in [0.05, 0.1) is 0 Å². The molecule has 2 heteroatoms. The SMILES string of the molecule is CC.CC.CC.CC.Cc1ccc2sc3ccccc3c2c1.Cc1cccc2sc3ccccc3c12. The van der Waals surface area contributed by atoms with Gasteiger partial charge in [0.2, 0.25) is 0 Å². The van der Waals surface area contributed by atoms with Crippen molar-refractivity contribution in [2.75, 3.05) is 0 Å². The van der Waals surface area contributed by atoms with Crippen molar-refractivity contribution in [3.8, 4) is 0 Å². The van der Waals surface area contributed by atoms with Gasteiger partial charge in [-0.05, 0) is 49.7 Å². The van der Waals surface area contributed by atoms with Crippen molar-refractivity contribution in [3.05, 3.63) is 96.1 Å². The summed E-state index contributed by atoms with van der Waals surface area (Å²) in [7, 11) is 0. The molecule has 6 aromatic rings. The summed E-state index contributed by atoms with van der Waals surface area (Å²) in [5, 5.41) is 5.60. The van der Waals surface area contributed by atoms with Gasteiger partial charge in [0, 0.05) is 40.3 Å². The molecule has 6 rings (SSSR count). The van der Waals surface area contributed by atoms with Crippen molar-refractivity contribution in [2.45, 2.75) is 69.2 Å². The Morgan fingerprint density at radius 1 is 0.417 bits per heavy atom. The van der Waals surface area contributed by atoms with Gasteiger partial charge in [0.25, 0.3) is 0 Å². The molecule has 0 bridgehead atoms. The van der Waals surface area contributed by atoms with Gasteiger partial charge in [-0.25, -0.2) is 0 Å². The van der Waals surface area contributed by atoms with E-state index in [1.165, 1.54) is 51.5 Å². The van der Waals surface area contributed by atoms with Crippen molar-refractivity contribution in [3.63, 3.8) is 0 Å². The van der Waals surface area contributed by atoms with E-state index in [4.69, 9.17) is 0 Å². The van der Waals surface area contributed by atoms with Crippen molar-refractivity contribution in [1.29, 1.82) is 0 Å². The maximum absolute atomic E-state index is 2.27. The van der Waals surface area contributed by atoms with E-state index in [9.17, 15) is 0 Å². The quantitative estimate of drug-likeness (QED) is 0.188. The van der Waals surface area contributed by atoms with Crippen LogP contribution in [0.3, 0.4) is 0 Å². The first-order valence-corrected chi connectivity index (χ1v) is 15.1. The lowest BCUT2D eigenvalue weighted by molar-refractivity contribution is 1.50. The Balaban J connectivity index is 0.000000283. The third-order valence-corrected chi connectivity index (χ3v) is 7.43. The van der Waals surface area contributed by atoms with E-state index in [-0.39, 0.29) is 0 Å². The molecule has 0 aliphatic rings. The molecule has 0 fully saturated rings. The van der Waals surface area contributed by atoms with E-state index in [1.807, 2.05) is 78.1 Å². The van der Waals surface area contributed by atoms with Crippen LogP contribution in [-0.4, -0.2) is 0 Å². The van der Waals surface area contributed by atoms with Crippen LogP contribution in [0, 0.1) is 13.8 Å². The third-order valence-electron chi connectivity index (χ3n) is 5.14. The minimum atomic E-state index is 1.33. The molecule has 0 N–H and O–H groups in total. The molecular weight excluding hydrogens is 473 g/mol. The molecule has 0 amide bonds. The van der Waals surface area contributed by atoms with Crippen LogP contribution in [0.4, 0.5) is 0 Å². The summed E-state index contributed by atoms with van der Waals surface area (Å²) in [5.74, 6) is 0. The minimum absolute atomic E-state index is 1.33. The summed E-state index contributed by atoms with van der Waals surface area (Å²) in [6, 6.07) is 30.4. The van der Waals surface area contributed by atoms with Gasteiger partial charge < -0.3 is 0 Å². The highest BCUT2D eigenvalue weighted by Gasteiger charge is 2.05. The van der Waals surface area contributed by atoms with Crippen LogP contribution in [0.25, 0.3) is 40.3 Å². The van der Waals surface area contributed by atoms with E-state index < -0.39 is 0 Å². The molecule has 0 aliphatic heterocycles. The molecule has 192 valence electrons. The van der Waals surface area contributed by atoms with Gasteiger partial charge in [0.1, 0.15) is 0 Å². The van der Waals surface area contributed by atoms with Crippen molar-refractivity contribution in [2.24, 2.45) is 0 Å². The van der Waals surface area contributed by atoms with Crippen LogP contribution in [-0.2, 0) is 0 Å². The van der Waals surface area contributed by atoms with Crippen LogP contribution >= 0.6 is 22.7 Å². The number of thiophene rings is 2. The average Bonchev–Trinajstić information content (AvgIpc) is 3.52. The number of hydrogen-bond donors (Lipinski definition) is 0. The summed E-state index contributed by atoms with van der Waals surface area (Å²) in [6.45, 7) is 20.3. The lowest BCUT2D eigenvalue weighted by atomic mass is 10.1. The van der Waals surface area contributed by atoms with E-state index in [0.29, 0.717) is 0 Å². The smallest absolute Gasteiger partial charge is 0.0358 e. The predicted octanol–water partition coefficient (Wildman–Crippen LogP) is 12.8. The summed E-state index contributed by atoms with van der Waals surface area (Å²) < 4.78 is 5.55. The maximum Gasteiger partial charge on any atom is 0.0358 e. The van der Waals surface area contributed by atoms with Crippen molar-refractivity contribution in [1.82, 2.24) is 0 Å². The van der Waals surface area contributed by atoms with Crippen molar-refractivity contribution < 1.29 is 0 Å². The highest BCUT2D eigenvalue weighted by atomic mass is 32.1. The molecule has 0 saturated carbocycles. The lowest BCUT2D eigenvalue weighted by Crippen LogP contribution is -1.72. The Morgan fingerprint density at radius 3 is 1.53 bits per heavy atom. The summed E-state index contributed by atoms with van der Waals surface area (Å²) >= 11 is 3.75. The van der Waals surface area contributed by atoms with Gasteiger partial charge in [-0.15, -0.1) is 22.7 Å². The maximum atomic E-state index is 2.27. The molecule has 4 aromatic carbocycles. The largest absolute Gasteiger partial charge is 0.135 e. The predicted molar refractivity (Wildman–Crippen MR) is 174 cm³/mol. The molecule has 0 radical (unpaired) electrons. The van der Waals surface area contributed by atoms with Crippen LogP contribution in [0.5, 0.6) is 0 Å². The monoisotopic (exact) mass is 516 g/mol. The number of rotatable bonds is 0. The van der Waals surface area contributed by atoms with Gasteiger partial charge in [-0.3, -0.25) is 0 Å². The van der Waals surface area contributed by atoms with Crippen LogP contribution in [0.15, 0.2) is 84.9 Å².